The van der Waals surface area contributed by atoms with Crippen molar-refractivity contribution in [2.24, 2.45) is 0 Å². The molecule has 1 unspecified atom stereocenters. The zero-order valence-corrected chi connectivity index (χ0v) is 14.0. The van der Waals surface area contributed by atoms with Gasteiger partial charge in [0.05, 0.1) is 31.1 Å². The quantitative estimate of drug-likeness (QED) is 0.783. The van der Waals surface area contributed by atoms with E-state index in [-0.39, 0.29) is 12.5 Å². The highest BCUT2D eigenvalue weighted by Gasteiger charge is 2.21. The van der Waals surface area contributed by atoms with E-state index in [9.17, 15) is 0 Å². The largest absolute Gasteiger partial charge is 0.395 e. The van der Waals surface area contributed by atoms with E-state index in [1.54, 1.807) is 0 Å². The maximum atomic E-state index is 9.02. The van der Waals surface area contributed by atoms with Gasteiger partial charge in [-0.25, -0.2) is 4.98 Å². The lowest BCUT2D eigenvalue weighted by molar-refractivity contribution is 0.193. The molecule has 0 amide bonds. The number of aliphatic hydroxyl groups is 1. The number of nitrogens with one attached hydrogen (secondary N) is 1. The molecule has 0 aliphatic carbocycles. The van der Waals surface area contributed by atoms with Gasteiger partial charge in [0.15, 0.2) is 5.76 Å². The molecule has 3 heterocycles. The van der Waals surface area contributed by atoms with E-state index in [4.69, 9.17) is 14.4 Å². The SMILES string of the molecule is Cc1cc(CN(C)c2cc(C3CCOC3)nc(NCCO)n2)on1. The summed E-state index contributed by atoms with van der Waals surface area (Å²) in [4.78, 5) is 11.1. The molecule has 3 rings (SSSR count). The second-order valence-electron chi connectivity index (χ2n) is 5.98. The first-order valence-electron chi connectivity index (χ1n) is 8.10. The Bertz CT molecular complexity index is 669. The third-order valence-electron chi connectivity index (χ3n) is 3.94. The Balaban J connectivity index is 1.82. The molecule has 2 aromatic rings. The summed E-state index contributed by atoms with van der Waals surface area (Å²) in [6, 6.07) is 3.90. The maximum Gasteiger partial charge on any atom is 0.224 e. The van der Waals surface area contributed by atoms with Crippen LogP contribution in [0.15, 0.2) is 16.7 Å². The fourth-order valence-electron chi connectivity index (χ4n) is 2.68. The van der Waals surface area contributed by atoms with Crippen molar-refractivity contribution >= 4 is 11.8 Å². The Morgan fingerprint density at radius 1 is 1.38 bits per heavy atom. The van der Waals surface area contributed by atoms with E-state index in [0.717, 1.165) is 36.0 Å². The van der Waals surface area contributed by atoms with Crippen LogP contribution in [0.1, 0.15) is 29.5 Å². The summed E-state index contributed by atoms with van der Waals surface area (Å²) in [5, 5.41) is 16.0. The number of rotatable bonds is 7. The molecule has 0 bridgehead atoms. The van der Waals surface area contributed by atoms with Crippen molar-refractivity contribution in [3.63, 3.8) is 0 Å². The molecular formula is C16H23N5O3. The van der Waals surface area contributed by atoms with Crippen molar-refractivity contribution in [1.29, 1.82) is 0 Å². The normalized spacial score (nSPS) is 17.2. The Labute approximate surface area is 140 Å². The molecule has 2 N–H and O–H groups in total. The standard InChI is InChI=1S/C16H23N5O3/c1-11-7-13(24-20-11)9-21(2)15-8-14(12-3-6-23-10-12)18-16(19-15)17-4-5-22/h7-8,12,22H,3-6,9-10H2,1-2H3,(H,17,18,19). The summed E-state index contributed by atoms with van der Waals surface area (Å²) in [6.07, 6.45) is 0.959. The molecule has 2 aromatic heterocycles. The average molecular weight is 333 g/mol. The lowest BCUT2D eigenvalue weighted by atomic mass is 10.0. The number of aliphatic hydroxyl groups excluding tert-OH is 1. The molecule has 1 fully saturated rings. The highest BCUT2D eigenvalue weighted by atomic mass is 16.5. The van der Waals surface area contributed by atoms with Crippen LogP contribution in [0.3, 0.4) is 0 Å². The average Bonchev–Trinajstić information content (AvgIpc) is 3.24. The van der Waals surface area contributed by atoms with Gasteiger partial charge in [-0.3, -0.25) is 0 Å². The minimum Gasteiger partial charge on any atom is -0.395 e. The monoisotopic (exact) mass is 333 g/mol. The second-order valence-corrected chi connectivity index (χ2v) is 5.98. The first kappa shape index (κ1) is 16.7. The van der Waals surface area contributed by atoms with Gasteiger partial charge in [0.25, 0.3) is 0 Å². The Hall–Kier alpha value is -2.19. The summed E-state index contributed by atoms with van der Waals surface area (Å²) in [7, 11) is 1.95. The van der Waals surface area contributed by atoms with Crippen molar-refractivity contribution in [2.45, 2.75) is 25.8 Å². The van der Waals surface area contributed by atoms with Crippen LogP contribution in [-0.2, 0) is 11.3 Å². The first-order chi connectivity index (χ1) is 11.7. The first-order valence-corrected chi connectivity index (χ1v) is 8.10. The third-order valence-corrected chi connectivity index (χ3v) is 3.94. The van der Waals surface area contributed by atoms with Crippen LogP contribution in [0, 0.1) is 6.92 Å². The predicted molar refractivity (Wildman–Crippen MR) is 89.1 cm³/mol. The number of ether oxygens (including phenoxy) is 1. The molecule has 24 heavy (non-hydrogen) atoms. The zero-order valence-electron chi connectivity index (χ0n) is 14.0. The van der Waals surface area contributed by atoms with Gasteiger partial charge < -0.3 is 24.6 Å². The molecule has 8 heteroatoms. The van der Waals surface area contributed by atoms with Crippen LogP contribution in [0.5, 0.6) is 0 Å². The molecule has 0 radical (unpaired) electrons. The van der Waals surface area contributed by atoms with Crippen LogP contribution in [0.25, 0.3) is 0 Å². The van der Waals surface area contributed by atoms with Crippen molar-refractivity contribution < 1.29 is 14.4 Å². The van der Waals surface area contributed by atoms with Crippen LogP contribution in [0.2, 0.25) is 0 Å². The summed E-state index contributed by atoms with van der Waals surface area (Å²) >= 11 is 0. The van der Waals surface area contributed by atoms with Gasteiger partial charge in [-0.15, -0.1) is 0 Å². The van der Waals surface area contributed by atoms with E-state index in [1.165, 1.54) is 0 Å². The third kappa shape index (κ3) is 4.01. The summed E-state index contributed by atoms with van der Waals surface area (Å²) in [5.41, 5.74) is 1.81. The number of hydrogen-bond acceptors (Lipinski definition) is 8. The summed E-state index contributed by atoms with van der Waals surface area (Å²) < 4.78 is 10.8. The molecule has 130 valence electrons. The van der Waals surface area contributed by atoms with Crippen molar-refractivity contribution in [3.05, 3.63) is 29.3 Å². The lowest BCUT2D eigenvalue weighted by Crippen LogP contribution is -2.20. The Morgan fingerprint density at radius 3 is 2.92 bits per heavy atom. The smallest absolute Gasteiger partial charge is 0.224 e. The second kappa shape index (κ2) is 7.59. The number of hydrogen-bond donors (Lipinski definition) is 2. The molecular weight excluding hydrogens is 310 g/mol. The van der Waals surface area contributed by atoms with Gasteiger partial charge in [-0.05, 0) is 13.3 Å². The van der Waals surface area contributed by atoms with E-state index in [1.807, 2.05) is 31.0 Å². The van der Waals surface area contributed by atoms with Gasteiger partial charge in [0, 0.05) is 38.2 Å². The van der Waals surface area contributed by atoms with Crippen LogP contribution in [-0.4, -0.2) is 53.6 Å². The molecule has 1 aliphatic rings. The van der Waals surface area contributed by atoms with Crippen molar-refractivity contribution in [1.82, 2.24) is 15.1 Å². The summed E-state index contributed by atoms with van der Waals surface area (Å²) in [5.74, 6) is 2.37. The fourth-order valence-corrected chi connectivity index (χ4v) is 2.68. The fraction of sp³-hybridized carbons (Fsp3) is 0.562. The minimum absolute atomic E-state index is 0.0304. The number of anilines is 2. The van der Waals surface area contributed by atoms with Gasteiger partial charge in [-0.2, -0.15) is 4.98 Å². The van der Waals surface area contributed by atoms with E-state index >= 15 is 0 Å². The van der Waals surface area contributed by atoms with Crippen LogP contribution in [0.4, 0.5) is 11.8 Å². The van der Waals surface area contributed by atoms with Crippen molar-refractivity contribution in [2.75, 3.05) is 43.6 Å². The van der Waals surface area contributed by atoms with Gasteiger partial charge in [0.1, 0.15) is 5.82 Å². The Kier molecular flexibility index (Phi) is 5.27. The molecule has 0 aromatic carbocycles. The van der Waals surface area contributed by atoms with Crippen molar-refractivity contribution in [3.8, 4) is 0 Å². The van der Waals surface area contributed by atoms with Crippen LogP contribution >= 0.6 is 0 Å². The van der Waals surface area contributed by atoms with E-state index < -0.39 is 0 Å². The number of aryl methyl sites for hydroxylation is 1. The molecule has 1 aliphatic heterocycles. The molecule has 0 spiro atoms. The number of nitrogens with zero attached hydrogens (tertiary/aromatic N) is 4. The van der Waals surface area contributed by atoms with E-state index in [2.05, 4.69) is 20.4 Å². The Morgan fingerprint density at radius 2 is 2.25 bits per heavy atom. The van der Waals surface area contributed by atoms with Gasteiger partial charge in [-0.1, -0.05) is 5.16 Å². The highest BCUT2D eigenvalue weighted by molar-refractivity contribution is 5.45. The van der Waals surface area contributed by atoms with Gasteiger partial charge in [0.2, 0.25) is 5.95 Å². The lowest BCUT2D eigenvalue weighted by Gasteiger charge is -2.19. The molecule has 0 saturated carbocycles. The van der Waals surface area contributed by atoms with Gasteiger partial charge >= 0.3 is 0 Å². The molecule has 1 atom stereocenters. The number of aromatic nitrogens is 3. The maximum absolute atomic E-state index is 9.02. The molecule has 1 saturated heterocycles. The zero-order chi connectivity index (χ0) is 16.9. The van der Waals surface area contributed by atoms with Crippen LogP contribution < -0.4 is 10.2 Å². The summed E-state index contributed by atoms with van der Waals surface area (Å²) in [6.45, 7) is 4.35. The predicted octanol–water partition coefficient (Wildman–Crippen LogP) is 1.32. The minimum atomic E-state index is 0.0304. The molecule has 8 nitrogen and oxygen atoms in total. The van der Waals surface area contributed by atoms with E-state index in [0.29, 0.717) is 25.6 Å². The highest BCUT2D eigenvalue weighted by Crippen LogP contribution is 2.27. The topological polar surface area (TPSA) is 96.5 Å².